The quantitative estimate of drug-likeness (QED) is 0.235. The molecule has 190 valence electrons. The van der Waals surface area contributed by atoms with E-state index in [1.807, 2.05) is 61.6 Å². The number of allylic oxidation sites excluding steroid dienone is 12. The van der Waals surface area contributed by atoms with Crippen LogP contribution >= 0.6 is 31.9 Å². The van der Waals surface area contributed by atoms with Gasteiger partial charge in [-0.05, 0) is 71.7 Å². The summed E-state index contributed by atoms with van der Waals surface area (Å²) in [6, 6.07) is 16.5. The highest BCUT2D eigenvalue weighted by Crippen LogP contribution is 2.46. The first-order chi connectivity index (χ1) is 17.5. The minimum Gasteiger partial charge on any atom is -0.507 e. The van der Waals surface area contributed by atoms with Crippen LogP contribution in [-0.4, -0.2) is 12.2 Å². The van der Waals surface area contributed by atoms with Gasteiger partial charge < -0.3 is 10.0 Å². The highest BCUT2D eigenvalue weighted by molar-refractivity contribution is 9.12. The van der Waals surface area contributed by atoms with E-state index in [2.05, 4.69) is 101 Å². The fraction of sp³-hybridized carbons (Fsp3) is 0.152. The monoisotopic (exact) mass is 617 g/mol. The lowest BCUT2D eigenvalue weighted by molar-refractivity contribution is 0.427. The average molecular weight is 619 g/mol. The number of para-hydroxylation sites is 1. The Balaban J connectivity index is 1.90. The van der Waals surface area contributed by atoms with E-state index < -0.39 is 0 Å². The van der Waals surface area contributed by atoms with Crippen LogP contribution in [0.2, 0.25) is 0 Å². The fourth-order valence-electron chi connectivity index (χ4n) is 4.26. The molecule has 2 nitrogen and oxygen atoms in total. The van der Waals surface area contributed by atoms with Crippen molar-refractivity contribution in [3.8, 4) is 0 Å². The second kappa shape index (κ2) is 12.4. The maximum Gasteiger partial charge on any atom is 0.122 e. The molecule has 37 heavy (non-hydrogen) atoms. The summed E-state index contributed by atoms with van der Waals surface area (Å²) in [4.78, 5) is 2.25. The molecule has 1 heterocycles. The van der Waals surface area contributed by atoms with E-state index in [1.165, 1.54) is 16.9 Å². The molecule has 3 rings (SSSR count). The van der Waals surface area contributed by atoms with Crippen molar-refractivity contribution in [3.05, 3.63) is 153 Å². The van der Waals surface area contributed by atoms with Crippen LogP contribution in [0.25, 0.3) is 5.57 Å². The molecule has 0 amide bonds. The Kier molecular flexibility index (Phi) is 9.58. The molecule has 0 atom stereocenters. The molecule has 0 saturated carbocycles. The first-order valence-corrected chi connectivity index (χ1v) is 13.6. The molecule has 4 heteroatoms. The average Bonchev–Trinajstić information content (AvgIpc) is 3.07. The van der Waals surface area contributed by atoms with E-state index in [1.54, 1.807) is 12.2 Å². The summed E-state index contributed by atoms with van der Waals surface area (Å²) >= 11 is 6.93. The van der Waals surface area contributed by atoms with Gasteiger partial charge in [0.15, 0.2) is 0 Å². The van der Waals surface area contributed by atoms with Crippen LogP contribution in [0.1, 0.15) is 31.9 Å². The van der Waals surface area contributed by atoms with Gasteiger partial charge in [0.05, 0.1) is 0 Å². The van der Waals surface area contributed by atoms with Crippen LogP contribution < -0.4 is 4.90 Å². The summed E-state index contributed by atoms with van der Waals surface area (Å²) in [7, 11) is 2.11. The number of nitrogens with zero attached hydrogens (tertiary/aromatic N) is 1. The minimum atomic E-state index is -0.0835. The Morgan fingerprint density at radius 3 is 2.30 bits per heavy atom. The summed E-state index contributed by atoms with van der Waals surface area (Å²) in [5, 5.41) is 10.8. The molecule has 1 aliphatic rings. The zero-order chi connectivity index (χ0) is 27.2. The number of likely N-dealkylation sites (N-methyl/N-ethyl adjacent to an activating group) is 1. The Hall–Kier alpha value is -3.08. The van der Waals surface area contributed by atoms with E-state index in [-0.39, 0.29) is 11.2 Å². The summed E-state index contributed by atoms with van der Waals surface area (Å²) < 4.78 is 1.90. The van der Waals surface area contributed by atoms with Gasteiger partial charge >= 0.3 is 0 Å². The smallest absolute Gasteiger partial charge is 0.122 e. The van der Waals surface area contributed by atoms with E-state index in [9.17, 15) is 5.11 Å². The fourth-order valence-corrected chi connectivity index (χ4v) is 4.66. The second-order valence-corrected chi connectivity index (χ2v) is 11.2. The number of rotatable bonds is 8. The van der Waals surface area contributed by atoms with Crippen molar-refractivity contribution < 1.29 is 5.11 Å². The predicted molar refractivity (Wildman–Crippen MR) is 168 cm³/mol. The van der Waals surface area contributed by atoms with Crippen molar-refractivity contribution in [1.82, 2.24) is 0 Å². The predicted octanol–water partition coefficient (Wildman–Crippen LogP) is 10.1. The first-order valence-electron chi connectivity index (χ1n) is 12.0. The number of halogens is 2. The Bertz CT molecular complexity index is 1370. The van der Waals surface area contributed by atoms with Gasteiger partial charge in [-0.25, -0.2) is 0 Å². The molecular formula is C33H33Br2NO. The summed E-state index contributed by atoms with van der Waals surface area (Å²) in [5.74, 6) is 0.0906. The lowest BCUT2D eigenvalue weighted by Crippen LogP contribution is -2.22. The van der Waals surface area contributed by atoms with Crippen LogP contribution in [-0.2, 0) is 5.41 Å². The van der Waals surface area contributed by atoms with Crippen molar-refractivity contribution in [2.75, 3.05) is 11.9 Å². The lowest BCUT2D eigenvalue weighted by Gasteiger charge is -2.23. The molecule has 0 radical (unpaired) electrons. The number of fused-ring (bicyclic) bond motifs is 1. The highest BCUT2D eigenvalue weighted by Gasteiger charge is 2.37. The molecule has 1 N–H and O–H groups in total. The van der Waals surface area contributed by atoms with Crippen LogP contribution in [0, 0.1) is 0 Å². The molecule has 0 unspecified atom stereocenters. The normalized spacial score (nSPS) is 17.2. The highest BCUT2D eigenvalue weighted by atomic mass is 79.9. The molecule has 0 fully saturated rings. The van der Waals surface area contributed by atoms with E-state index in [0.717, 1.165) is 25.7 Å². The van der Waals surface area contributed by atoms with Crippen molar-refractivity contribution in [3.63, 3.8) is 0 Å². The van der Waals surface area contributed by atoms with Crippen LogP contribution in [0.4, 0.5) is 5.69 Å². The first kappa shape index (κ1) is 28.5. The number of hydrogen-bond acceptors (Lipinski definition) is 2. The van der Waals surface area contributed by atoms with Crippen molar-refractivity contribution in [1.29, 1.82) is 0 Å². The zero-order valence-electron chi connectivity index (χ0n) is 21.8. The van der Waals surface area contributed by atoms with Crippen LogP contribution in [0.3, 0.4) is 0 Å². The van der Waals surface area contributed by atoms with E-state index >= 15 is 0 Å². The number of benzene rings is 2. The SMILES string of the molecule is C=C(/C=C/C=C1/N(C)c2ccccc2C1(C)C)/C=C(\C=C(/O)C(=C)/C=C\C(Br)=C/C)c1ccc(Br)cc1. The number of hydrogen-bond donors (Lipinski definition) is 1. The summed E-state index contributed by atoms with van der Waals surface area (Å²) in [6.07, 6.45) is 15.4. The maximum atomic E-state index is 10.8. The second-order valence-electron chi connectivity index (χ2n) is 9.36. The summed E-state index contributed by atoms with van der Waals surface area (Å²) in [6.45, 7) is 14.7. The Morgan fingerprint density at radius 1 is 0.973 bits per heavy atom. The third-order valence-electron chi connectivity index (χ3n) is 6.36. The number of anilines is 1. The lowest BCUT2D eigenvalue weighted by atomic mass is 9.84. The van der Waals surface area contributed by atoms with E-state index in [0.29, 0.717) is 5.57 Å². The van der Waals surface area contributed by atoms with Crippen molar-refractivity contribution in [2.45, 2.75) is 26.2 Å². The molecule has 1 aliphatic heterocycles. The van der Waals surface area contributed by atoms with Gasteiger partial charge in [-0.2, -0.15) is 0 Å². The topological polar surface area (TPSA) is 23.5 Å². The third kappa shape index (κ3) is 7.03. The van der Waals surface area contributed by atoms with Gasteiger partial charge in [0.25, 0.3) is 0 Å². The van der Waals surface area contributed by atoms with Gasteiger partial charge in [-0.1, -0.05) is 114 Å². The van der Waals surface area contributed by atoms with Crippen molar-refractivity contribution in [2.24, 2.45) is 0 Å². The molecule has 0 aromatic heterocycles. The van der Waals surface area contributed by atoms with Crippen LogP contribution in [0.15, 0.2) is 142 Å². The van der Waals surface area contributed by atoms with E-state index in [4.69, 9.17) is 0 Å². The Labute approximate surface area is 238 Å². The molecule has 2 aromatic rings. The van der Waals surface area contributed by atoms with Crippen LogP contribution in [0.5, 0.6) is 0 Å². The minimum absolute atomic E-state index is 0.0835. The third-order valence-corrected chi connectivity index (χ3v) is 7.61. The number of aliphatic hydroxyl groups is 1. The molecule has 0 bridgehead atoms. The van der Waals surface area contributed by atoms with Gasteiger partial charge in [-0.3, -0.25) is 0 Å². The maximum absolute atomic E-state index is 10.8. The van der Waals surface area contributed by atoms with Gasteiger partial charge in [0.1, 0.15) is 5.76 Å². The zero-order valence-corrected chi connectivity index (χ0v) is 25.0. The van der Waals surface area contributed by atoms with Gasteiger partial charge in [-0.15, -0.1) is 0 Å². The molecular weight excluding hydrogens is 586 g/mol. The van der Waals surface area contributed by atoms with Gasteiger partial charge in [0.2, 0.25) is 0 Å². The molecule has 0 spiro atoms. The molecule has 0 aliphatic carbocycles. The van der Waals surface area contributed by atoms with Crippen molar-refractivity contribution >= 4 is 43.1 Å². The molecule has 0 saturated heterocycles. The van der Waals surface area contributed by atoms with Gasteiger partial charge in [0, 0.05) is 38.4 Å². The molecule has 2 aromatic carbocycles. The largest absolute Gasteiger partial charge is 0.507 e. The number of aliphatic hydroxyl groups excluding tert-OH is 1. The standard InChI is InChI=1S/C33H33Br2NO/c1-7-27(34)18-15-24(3)31(37)22-26(25-16-19-28(35)20-17-25)21-23(2)11-10-14-32-33(4,5)29-12-8-9-13-30(29)36(32)6/h7-22,37H,2-3H2,1,4-6H3/b11-10+,18-15-,26-21+,27-7+,31-22-,32-14+. The Morgan fingerprint density at radius 2 is 1.65 bits per heavy atom. The summed E-state index contributed by atoms with van der Waals surface area (Å²) in [5.41, 5.74) is 6.82.